The molecule has 1 saturated heterocycles. The van der Waals surface area contributed by atoms with E-state index in [-0.39, 0.29) is 22.9 Å². The SMILES string of the molecule is CCCOc1cc(C2/C(=C(/O)c3ccc(Cl)c(Cl)c3)C(=O)C(=O)N2CCN(C)C)ccc1OC. The smallest absolute Gasteiger partial charge is 0.295 e. The lowest BCUT2D eigenvalue weighted by atomic mass is 9.95. The third-order valence-corrected chi connectivity index (χ3v) is 6.23. The standard InChI is InChI=1S/C25H28Cl2N2O5/c1-5-12-34-20-14-15(7-9-19(20)33-4)22-21(23(30)16-6-8-17(26)18(27)13-16)24(31)25(32)29(22)11-10-28(2)3/h6-9,13-14,22,30H,5,10-12H2,1-4H3/b23-21-. The quantitative estimate of drug-likeness (QED) is 0.299. The van der Waals surface area contributed by atoms with Gasteiger partial charge in [-0.25, -0.2) is 0 Å². The molecule has 0 aliphatic carbocycles. The highest BCUT2D eigenvalue weighted by Crippen LogP contribution is 2.42. The highest BCUT2D eigenvalue weighted by molar-refractivity contribution is 6.46. The van der Waals surface area contributed by atoms with Gasteiger partial charge in [0.2, 0.25) is 0 Å². The number of ether oxygens (including phenoxy) is 2. The number of hydrogen-bond donors (Lipinski definition) is 1. The fourth-order valence-electron chi connectivity index (χ4n) is 3.75. The maximum absolute atomic E-state index is 13.2. The van der Waals surface area contributed by atoms with Crippen LogP contribution < -0.4 is 9.47 Å². The molecule has 1 atom stereocenters. The lowest BCUT2D eigenvalue weighted by Crippen LogP contribution is -2.35. The fraction of sp³-hybridized carbons (Fsp3) is 0.360. The van der Waals surface area contributed by atoms with Crippen molar-refractivity contribution in [3.8, 4) is 11.5 Å². The summed E-state index contributed by atoms with van der Waals surface area (Å²) in [7, 11) is 5.30. The van der Waals surface area contributed by atoms with Crippen LogP contribution in [0, 0.1) is 0 Å². The van der Waals surface area contributed by atoms with Crippen LogP contribution in [0.5, 0.6) is 11.5 Å². The first-order valence-corrected chi connectivity index (χ1v) is 11.6. The molecule has 0 saturated carbocycles. The molecule has 0 radical (unpaired) electrons. The van der Waals surface area contributed by atoms with E-state index in [2.05, 4.69) is 0 Å². The molecule has 9 heteroatoms. The van der Waals surface area contributed by atoms with Gasteiger partial charge in [0, 0.05) is 18.7 Å². The zero-order valence-corrected chi connectivity index (χ0v) is 21.1. The van der Waals surface area contributed by atoms with Crippen molar-refractivity contribution < 1.29 is 24.2 Å². The Hall–Kier alpha value is -2.74. The van der Waals surface area contributed by atoms with Crippen LogP contribution >= 0.6 is 23.2 Å². The Morgan fingerprint density at radius 2 is 1.82 bits per heavy atom. The van der Waals surface area contributed by atoms with E-state index in [0.29, 0.717) is 40.8 Å². The van der Waals surface area contributed by atoms with Crippen LogP contribution in [0.25, 0.3) is 5.76 Å². The molecule has 2 aromatic carbocycles. The summed E-state index contributed by atoms with van der Waals surface area (Å²) < 4.78 is 11.2. The second-order valence-electron chi connectivity index (χ2n) is 8.18. The first kappa shape index (κ1) is 25.9. The molecule has 1 aliphatic heterocycles. The molecule has 0 bridgehead atoms. The molecule has 0 spiro atoms. The Kier molecular flexibility index (Phi) is 8.47. The first-order valence-electron chi connectivity index (χ1n) is 10.9. The van der Waals surface area contributed by atoms with Crippen molar-refractivity contribution in [3.63, 3.8) is 0 Å². The van der Waals surface area contributed by atoms with Gasteiger partial charge in [-0.15, -0.1) is 0 Å². The number of hydrogen-bond acceptors (Lipinski definition) is 6. The van der Waals surface area contributed by atoms with Gasteiger partial charge in [-0.1, -0.05) is 36.2 Å². The van der Waals surface area contributed by atoms with Crippen molar-refractivity contribution >= 4 is 40.7 Å². The topological polar surface area (TPSA) is 79.3 Å². The van der Waals surface area contributed by atoms with E-state index in [4.69, 9.17) is 32.7 Å². The molecule has 1 fully saturated rings. The molecule has 2 aromatic rings. The number of nitrogens with zero attached hydrogens (tertiary/aromatic N) is 2. The molecule has 182 valence electrons. The van der Waals surface area contributed by atoms with Gasteiger partial charge >= 0.3 is 0 Å². The summed E-state index contributed by atoms with van der Waals surface area (Å²) in [6.07, 6.45) is 0.798. The van der Waals surface area contributed by atoms with Crippen LogP contribution in [0.2, 0.25) is 10.0 Å². The van der Waals surface area contributed by atoms with Gasteiger partial charge in [0.05, 0.1) is 35.4 Å². The lowest BCUT2D eigenvalue weighted by molar-refractivity contribution is -0.140. The van der Waals surface area contributed by atoms with Crippen LogP contribution in [-0.2, 0) is 9.59 Å². The molecule has 1 amide bonds. The molecule has 34 heavy (non-hydrogen) atoms. The number of Topliss-reactive ketones (excluding diaryl/α,β-unsaturated/α-hetero) is 1. The second kappa shape index (κ2) is 11.1. The minimum atomic E-state index is -0.815. The van der Waals surface area contributed by atoms with E-state index in [1.807, 2.05) is 25.9 Å². The third-order valence-electron chi connectivity index (χ3n) is 5.49. The number of ketones is 1. The van der Waals surface area contributed by atoms with Gasteiger partial charge < -0.3 is 24.4 Å². The number of carbonyl (C=O) groups excluding carboxylic acids is 2. The van der Waals surface area contributed by atoms with Crippen LogP contribution in [0.1, 0.15) is 30.5 Å². The second-order valence-corrected chi connectivity index (χ2v) is 9.00. The number of carbonyl (C=O) groups is 2. The lowest BCUT2D eigenvalue weighted by Gasteiger charge is -2.27. The fourth-order valence-corrected chi connectivity index (χ4v) is 4.05. The molecular formula is C25H28Cl2N2O5. The Balaban J connectivity index is 2.18. The molecule has 1 heterocycles. The van der Waals surface area contributed by atoms with E-state index >= 15 is 0 Å². The predicted molar refractivity (Wildman–Crippen MR) is 133 cm³/mol. The summed E-state index contributed by atoms with van der Waals surface area (Å²) in [5.74, 6) is -0.734. The zero-order valence-electron chi connectivity index (χ0n) is 19.6. The van der Waals surface area contributed by atoms with Crippen LogP contribution in [0.4, 0.5) is 0 Å². The summed E-state index contributed by atoms with van der Waals surface area (Å²) in [6.45, 7) is 3.29. The van der Waals surface area contributed by atoms with Gasteiger partial charge in [0.15, 0.2) is 11.5 Å². The number of benzene rings is 2. The summed E-state index contributed by atoms with van der Waals surface area (Å²) in [4.78, 5) is 29.6. The minimum Gasteiger partial charge on any atom is -0.507 e. The van der Waals surface area contributed by atoms with E-state index in [0.717, 1.165) is 6.42 Å². The zero-order chi connectivity index (χ0) is 25.0. The molecule has 3 rings (SSSR count). The largest absolute Gasteiger partial charge is 0.507 e. The van der Waals surface area contributed by atoms with Crippen molar-refractivity contribution in [2.45, 2.75) is 19.4 Å². The molecule has 1 aliphatic rings. The van der Waals surface area contributed by atoms with Crippen molar-refractivity contribution in [2.75, 3.05) is 40.9 Å². The molecular weight excluding hydrogens is 479 g/mol. The maximum Gasteiger partial charge on any atom is 0.295 e. The number of halogens is 2. The van der Waals surface area contributed by atoms with Gasteiger partial charge in [0.25, 0.3) is 11.7 Å². The number of likely N-dealkylation sites (tertiary alicyclic amines) is 1. The van der Waals surface area contributed by atoms with Crippen molar-refractivity contribution in [1.29, 1.82) is 0 Å². The van der Waals surface area contributed by atoms with Gasteiger partial charge in [-0.2, -0.15) is 0 Å². The normalized spacial score (nSPS) is 17.5. The van der Waals surface area contributed by atoms with Crippen molar-refractivity contribution in [1.82, 2.24) is 9.80 Å². The Morgan fingerprint density at radius 3 is 2.44 bits per heavy atom. The number of likely N-dealkylation sites (N-methyl/N-ethyl adjacent to an activating group) is 1. The van der Waals surface area contributed by atoms with Crippen LogP contribution in [-0.4, -0.2) is 67.5 Å². The Morgan fingerprint density at radius 1 is 1.09 bits per heavy atom. The molecule has 0 aromatic heterocycles. The molecule has 1 unspecified atom stereocenters. The number of aliphatic hydroxyl groups excluding tert-OH is 1. The van der Waals surface area contributed by atoms with Gasteiger partial charge in [-0.3, -0.25) is 9.59 Å². The highest BCUT2D eigenvalue weighted by Gasteiger charge is 2.46. The number of methoxy groups -OCH3 is 1. The van der Waals surface area contributed by atoms with E-state index in [9.17, 15) is 14.7 Å². The minimum absolute atomic E-state index is 0.0197. The summed E-state index contributed by atoms with van der Waals surface area (Å²) in [5.41, 5.74) is 0.890. The first-order chi connectivity index (χ1) is 16.2. The molecule has 1 N–H and O–H groups in total. The van der Waals surface area contributed by atoms with E-state index in [1.165, 1.54) is 17.0 Å². The average Bonchev–Trinajstić information content (AvgIpc) is 3.07. The third kappa shape index (κ3) is 5.32. The van der Waals surface area contributed by atoms with Gasteiger partial charge in [-0.05, 0) is 56.4 Å². The van der Waals surface area contributed by atoms with Gasteiger partial charge in [0.1, 0.15) is 5.76 Å². The maximum atomic E-state index is 13.2. The van der Waals surface area contributed by atoms with Crippen molar-refractivity contribution in [3.05, 3.63) is 63.1 Å². The molecule has 7 nitrogen and oxygen atoms in total. The number of rotatable bonds is 9. The summed E-state index contributed by atoms with van der Waals surface area (Å²) in [5, 5.41) is 11.7. The Bertz CT molecular complexity index is 1120. The van der Waals surface area contributed by atoms with E-state index in [1.54, 1.807) is 31.4 Å². The predicted octanol–water partition coefficient (Wildman–Crippen LogP) is 4.77. The number of amides is 1. The van der Waals surface area contributed by atoms with Crippen LogP contribution in [0.15, 0.2) is 42.0 Å². The summed E-state index contributed by atoms with van der Waals surface area (Å²) >= 11 is 12.1. The monoisotopic (exact) mass is 506 g/mol. The van der Waals surface area contributed by atoms with Crippen molar-refractivity contribution in [2.24, 2.45) is 0 Å². The van der Waals surface area contributed by atoms with E-state index < -0.39 is 17.7 Å². The van der Waals surface area contributed by atoms with Crippen LogP contribution in [0.3, 0.4) is 0 Å². The summed E-state index contributed by atoms with van der Waals surface area (Å²) in [6, 6.07) is 8.97. The number of aliphatic hydroxyl groups is 1. The average molecular weight is 507 g/mol. The Labute approximate surface area is 209 Å². The highest BCUT2D eigenvalue weighted by atomic mass is 35.5.